The van der Waals surface area contributed by atoms with E-state index in [4.69, 9.17) is 9.73 Å². The maximum atomic E-state index is 10.8. The highest BCUT2D eigenvalue weighted by Crippen LogP contribution is 2.36. The molecule has 29 heavy (non-hydrogen) atoms. The Hall–Kier alpha value is -1.15. The number of nitrogens with one attached hydrogen (secondary N) is 2. The van der Waals surface area contributed by atoms with Crippen LogP contribution in [0.4, 0.5) is 0 Å². The summed E-state index contributed by atoms with van der Waals surface area (Å²) in [4.78, 5) is 7.29. The first kappa shape index (κ1) is 22.5. The Bertz CT molecular complexity index is 621. The van der Waals surface area contributed by atoms with Crippen LogP contribution < -0.4 is 10.6 Å². The van der Waals surface area contributed by atoms with E-state index in [0.29, 0.717) is 12.0 Å². The molecule has 3 N–H and O–H groups in total. The van der Waals surface area contributed by atoms with Crippen LogP contribution in [0.15, 0.2) is 21.8 Å². The summed E-state index contributed by atoms with van der Waals surface area (Å²) >= 11 is 1.60. The second-order valence-electron chi connectivity index (χ2n) is 8.78. The van der Waals surface area contributed by atoms with Gasteiger partial charge in [-0.3, -0.25) is 4.90 Å². The van der Waals surface area contributed by atoms with E-state index in [1.165, 1.54) is 32.1 Å². The molecule has 3 rings (SSSR count). The number of thiophene rings is 1. The molecule has 1 atom stereocenters. The minimum atomic E-state index is -0.946. The third kappa shape index (κ3) is 6.67. The van der Waals surface area contributed by atoms with Gasteiger partial charge < -0.3 is 20.5 Å². The minimum absolute atomic E-state index is 0.293. The molecule has 1 aliphatic carbocycles. The third-order valence-electron chi connectivity index (χ3n) is 6.24. The zero-order chi connectivity index (χ0) is 20.6. The predicted octanol–water partition coefficient (Wildman–Crippen LogP) is 2.79. The highest BCUT2D eigenvalue weighted by Gasteiger charge is 2.34. The Morgan fingerprint density at radius 3 is 2.69 bits per heavy atom. The highest BCUT2D eigenvalue weighted by atomic mass is 32.1. The van der Waals surface area contributed by atoms with Crippen LogP contribution in [0.3, 0.4) is 0 Å². The van der Waals surface area contributed by atoms with Crippen LogP contribution in [0.25, 0.3) is 0 Å². The van der Waals surface area contributed by atoms with Crippen molar-refractivity contribution in [2.45, 2.75) is 51.6 Å². The average molecular weight is 423 g/mol. The number of guanidine groups is 1. The van der Waals surface area contributed by atoms with Crippen LogP contribution in [0.2, 0.25) is 0 Å². The molecule has 2 aliphatic rings. The summed E-state index contributed by atoms with van der Waals surface area (Å²) in [5.41, 5.74) is 0.276. The second kappa shape index (κ2) is 10.8. The topological polar surface area (TPSA) is 69.1 Å². The lowest BCUT2D eigenvalue weighted by atomic mass is 9.73. The van der Waals surface area contributed by atoms with Crippen LogP contribution in [-0.4, -0.2) is 68.4 Å². The van der Waals surface area contributed by atoms with Gasteiger partial charge in [0.1, 0.15) is 5.60 Å². The average Bonchev–Trinajstić information content (AvgIpc) is 3.28. The molecule has 164 valence electrons. The minimum Gasteiger partial charge on any atom is -0.383 e. The molecule has 0 aromatic carbocycles. The van der Waals surface area contributed by atoms with Gasteiger partial charge in [0, 0.05) is 38.1 Å². The monoisotopic (exact) mass is 422 g/mol. The van der Waals surface area contributed by atoms with Gasteiger partial charge in [0.05, 0.1) is 19.8 Å². The molecule has 1 unspecified atom stereocenters. The summed E-state index contributed by atoms with van der Waals surface area (Å²) in [6, 6.07) is 1.97. The van der Waals surface area contributed by atoms with Crippen LogP contribution in [0.5, 0.6) is 0 Å². The van der Waals surface area contributed by atoms with Crippen molar-refractivity contribution in [2.24, 2.45) is 10.4 Å². The van der Waals surface area contributed by atoms with Gasteiger partial charge in [-0.05, 0) is 49.1 Å². The van der Waals surface area contributed by atoms with Crippen molar-refractivity contribution in [3.63, 3.8) is 0 Å². The van der Waals surface area contributed by atoms with E-state index >= 15 is 0 Å². The lowest BCUT2D eigenvalue weighted by Gasteiger charge is -2.42. The van der Waals surface area contributed by atoms with Crippen LogP contribution in [0.1, 0.15) is 51.5 Å². The molecule has 0 amide bonds. The zero-order valence-electron chi connectivity index (χ0n) is 18.1. The number of hydrogen-bond donors (Lipinski definition) is 3. The van der Waals surface area contributed by atoms with Crippen molar-refractivity contribution >= 4 is 17.3 Å². The third-order valence-corrected chi connectivity index (χ3v) is 6.92. The lowest BCUT2D eigenvalue weighted by Crippen LogP contribution is -2.51. The first-order valence-corrected chi connectivity index (χ1v) is 12.0. The van der Waals surface area contributed by atoms with E-state index in [-0.39, 0.29) is 0 Å². The fourth-order valence-electron chi connectivity index (χ4n) is 4.43. The van der Waals surface area contributed by atoms with Gasteiger partial charge >= 0.3 is 0 Å². The van der Waals surface area contributed by atoms with Gasteiger partial charge in [0.2, 0.25) is 0 Å². The summed E-state index contributed by atoms with van der Waals surface area (Å²) in [5, 5.41) is 21.8. The smallest absolute Gasteiger partial charge is 0.191 e. The first-order valence-electron chi connectivity index (χ1n) is 11.1. The second-order valence-corrected chi connectivity index (χ2v) is 9.56. The number of aliphatic imine (C=N–C) groups is 1. The van der Waals surface area contributed by atoms with Crippen molar-refractivity contribution in [1.82, 2.24) is 15.5 Å². The molecule has 1 aromatic heterocycles. The summed E-state index contributed by atoms with van der Waals surface area (Å²) in [6.07, 6.45) is 6.51. The highest BCUT2D eigenvalue weighted by molar-refractivity contribution is 7.08. The normalized spacial score (nSPS) is 22.8. The molecule has 2 fully saturated rings. The van der Waals surface area contributed by atoms with E-state index in [9.17, 15) is 5.11 Å². The molecule has 0 radical (unpaired) electrons. The maximum absolute atomic E-state index is 10.8. The summed E-state index contributed by atoms with van der Waals surface area (Å²) in [7, 11) is 0. The zero-order valence-corrected chi connectivity index (χ0v) is 18.9. The molecular weight excluding hydrogens is 384 g/mol. The molecule has 1 aromatic rings. The largest absolute Gasteiger partial charge is 0.383 e. The summed E-state index contributed by atoms with van der Waals surface area (Å²) < 4.78 is 5.54. The molecule has 0 bridgehead atoms. The van der Waals surface area contributed by atoms with E-state index in [1.807, 2.05) is 23.8 Å². The van der Waals surface area contributed by atoms with E-state index in [1.54, 1.807) is 11.3 Å². The number of ether oxygens (including phenoxy) is 1. The van der Waals surface area contributed by atoms with E-state index in [0.717, 1.165) is 57.5 Å². The molecule has 1 aliphatic heterocycles. The Balaban J connectivity index is 1.62. The summed E-state index contributed by atoms with van der Waals surface area (Å²) in [5.74, 6) is 0.801. The van der Waals surface area contributed by atoms with E-state index < -0.39 is 5.60 Å². The molecule has 2 heterocycles. The quantitative estimate of drug-likeness (QED) is 0.444. The number of morpholine rings is 1. The molecule has 7 heteroatoms. The van der Waals surface area contributed by atoms with Crippen molar-refractivity contribution in [2.75, 3.05) is 52.5 Å². The van der Waals surface area contributed by atoms with Crippen molar-refractivity contribution < 1.29 is 9.84 Å². The van der Waals surface area contributed by atoms with Gasteiger partial charge in [-0.2, -0.15) is 11.3 Å². The lowest BCUT2D eigenvalue weighted by molar-refractivity contribution is 0.00819. The van der Waals surface area contributed by atoms with Gasteiger partial charge in [-0.15, -0.1) is 0 Å². The van der Waals surface area contributed by atoms with Gasteiger partial charge in [0.15, 0.2) is 5.96 Å². The SMILES string of the molecule is CCNC(=NCC(C)(O)c1ccsc1)NCC1(CN2CCOCC2)CCCCC1. The number of aliphatic hydroxyl groups is 1. The Morgan fingerprint density at radius 2 is 2.03 bits per heavy atom. The van der Waals surface area contributed by atoms with Crippen molar-refractivity contribution in [3.05, 3.63) is 22.4 Å². The first-order chi connectivity index (χ1) is 14.0. The molecule has 6 nitrogen and oxygen atoms in total. The number of hydrogen-bond acceptors (Lipinski definition) is 5. The van der Waals surface area contributed by atoms with Crippen LogP contribution in [0, 0.1) is 5.41 Å². The maximum Gasteiger partial charge on any atom is 0.191 e. The van der Waals surface area contributed by atoms with Crippen molar-refractivity contribution in [3.8, 4) is 0 Å². The molecular formula is C22H38N4O2S. The summed E-state index contributed by atoms with van der Waals surface area (Å²) in [6.45, 7) is 10.9. The fraction of sp³-hybridized carbons (Fsp3) is 0.773. The van der Waals surface area contributed by atoms with Crippen molar-refractivity contribution in [1.29, 1.82) is 0 Å². The van der Waals surface area contributed by atoms with E-state index in [2.05, 4.69) is 22.5 Å². The number of rotatable bonds is 8. The molecule has 1 saturated carbocycles. The molecule has 1 saturated heterocycles. The van der Waals surface area contributed by atoms with Crippen LogP contribution >= 0.6 is 11.3 Å². The Labute approximate surface area is 179 Å². The van der Waals surface area contributed by atoms with Gasteiger partial charge in [-0.25, -0.2) is 4.99 Å². The van der Waals surface area contributed by atoms with Gasteiger partial charge in [-0.1, -0.05) is 19.3 Å². The van der Waals surface area contributed by atoms with Crippen LogP contribution in [-0.2, 0) is 10.3 Å². The Morgan fingerprint density at radius 1 is 1.28 bits per heavy atom. The fourth-order valence-corrected chi connectivity index (χ4v) is 5.22. The Kier molecular flexibility index (Phi) is 8.35. The predicted molar refractivity (Wildman–Crippen MR) is 121 cm³/mol. The standard InChI is InChI=1S/C22H38N4O2S/c1-3-23-20(24-16-21(2,27)19-7-14-29-15-19)25-17-22(8-5-4-6-9-22)18-26-10-12-28-13-11-26/h7,14-15,27H,3-6,8-13,16-18H2,1-2H3,(H2,23,24,25). The van der Waals surface area contributed by atoms with Gasteiger partial charge in [0.25, 0.3) is 0 Å². The number of nitrogens with zero attached hydrogens (tertiary/aromatic N) is 2. The molecule has 0 spiro atoms.